The number of hydrogen-bond acceptors (Lipinski definition) is 6. The fraction of sp³-hybridized carbons (Fsp3) is 0.273. The van der Waals surface area contributed by atoms with Gasteiger partial charge in [-0.1, -0.05) is 12.1 Å². The highest BCUT2D eigenvalue weighted by Gasteiger charge is 2.22. The van der Waals surface area contributed by atoms with Gasteiger partial charge in [0.1, 0.15) is 5.52 Å². The highest BCUT2D eigenvalue weighted by atomic mass is 16.6. The lowest BCUT2D eigenvalue weighted by atomic mass is 9.97. The summed E-state index contributed by atoms with van der Waals surface area (Å²) in [4.78, 5) is 29.0. The van der Waals surface area contributed by atoms with Gasteiger partial charge in [-0.15, -0.1) is 0 Å². The largest absolute Gasteiger partial charge is 0.423 e. The first kappa shape index (κ1) is 19.6. The Labute approximate surface area is 173 Å². The summed E-state index contributed by atoms with van der Waals surface area (Å²) in [6, 6.07) is 14.5. The molecular formula is C22H22N4O4. The standard InChI is InChI=1S/C22H22N4O4/c27-21(10-7-16-5-8-18(9-6-16)26(28)29)23-15-17-11-13-25(14-12-17)22-24-19-3-1-2-4-20(19)30-22/h1-10,17H,11-15H2,(H,23,27)/b10-7+. The Bertz CT molecular complexity index is 1030. The fourth-order valence-electron chi connectivity index (χ4n) is 3.51. The predicted molar refractivity (Wildman–Crippen MR) is 114 cm³/mol. The fourth-order valence-corrected chi connectivity index (χ4v) is 3.51. The molecule has 1 N–H and O–H groups in total. The van der Waals surface area contributed by atoms with E-state index in [2.05, 4.69) is 15.2 Å². The van der Waals surface area contributed by atoms with Gasteiger partial charge >= 0.3 is 0 Å². The van der Waals surface area contributed by atoms with Crippen LogP contribution in [0.15, 0.2) is 59.0 Å². The number of nitrogens with one attached hydrogen (secondary N) is 1. The Morgan fingerprint density at radius 2 is 1.93 bits per heavy atom. The summed E-state index contributed by atoms with van der Waals surface area (Å²) in [6.45, 7) is 2.29. The van der Waals surface area contributed by atoms with Crippen molar-refractivity contribution in [1.82, 2.24) is 10.3 Å². The van der Waals surface area contributed by atoms with Crippen molar-refractivity contribution in [2.75, 3.05) is 24.5 Å². The molecule has 3 aromatic rings. The summed E-state index contributed by atoms with van der Waals surface area (Å²) in [5.74, 6) is 0.233. The van der Waals surface area contributed by atoms with Crippen molar-refractivity contribution >= 4 is 34.8 Å². The molecular weight excluding hydrogens is 384 g/mol. The predicted octanol–water partition coefficient (Wildman–Crippen LogP) is 3.78. The molecule has 0 bridgehead atoms. The molecule has 4 rings (SSSR count). The second-order valence-corrected chi connectivity index (χ2v) is 7.32. The van der Waals surface area contributed by atoms with Gasteiger partial charge in [-0.3, -0.25) is 14.9 Å². The molecule has 0 atom stereocenters. The highest BCUT2D eigenvalue weighted by Crippen LogP contribution is 2.26. The summed E-state index contributed by atoms with van der Waals surface area (Å²) in [6.07, 6.45) is 5.00. The number of aromatic nitrogens is 1. The zero-order valence-electron chi connectivity index (χ0n) is 16.4. The smallest absolute Gasteiger partial charge is 0.298 e. The molecule has 2 aromatic carbocycles. The topological polar surface area (TPSA) is 102 Å². The van der Waals surface area contributed by atoms with Crippen LogP contribution in [0.2, 0.25) is 0 Å². The van der Waals surface area contributed by atoms with Crippen LogP contribution in [-0.4, -0.2) is 35.4 Å². The second kappa shape index (κ2) is 8.77. The van der Waals surface area contributed by atoms with Crippen molar-refractivity contribution < 1.29 is 14.1 Å². The number of hydrogen-bond donors (Lipinski definition) is 1. The molecule has 2 heterocycles. The van der Waals surface area contributed by atoms with Crippen LogP contribution in [0.3, 0.4) is 0 Å². The molecule has 0 saturated carbocycles. The Morgan fingerprint density at radius 3 is 2.63 bits per heavy atom. The molecule has 1 aromatic heterocycles. The Hall–Kier alpha value is -3.68. The van der Waals surface area contributed by atoms with Crippen LogP contribution < -0.4 is 10.2 Å². The SMILES string of the molecule is O=C(/C=C/c1ccc([N+](=O)[O-])cc1)NCC1CCN(c2nc3ccccc3o2)CC1. The average Bonchev–Trinajstić information content (AvgIpc) is 3.21. The lowest BCUT2D eigenvalue weighted by molar-refractivity contribution is -0.384. The number of oxazole rings is 1. The van der Waals surface area contributed by atoms with E-state index in [9.17, 15) is 14.9 Å². The maximum absolute atomic E-state index is 12.1. The monoisotopic (exact) mass is 406 g/mol. The lowest BCUT2D eigenvalue weighted by Gasteiger charge is -2.30. The van der Waals surface area contributed by atoms with Crippen molar-refractivity contribution in [3.63, 3.8) is 0 Å². The van der Waals surface area contributed by atoms with E-state index in [0.717, 1.165) is 42.6 Å². The van der Waals surface area contributed by atoms with E-state index >= 15 is 0 Å². The normalized spacial score (nSPS) is 15.0. The van der Waals surface area contributed by atoms with Gasteiger partial charge in [-0.05, 0) is 54.7 Å². The number of benzene rings is 2. The van der Waals surface area contributed by atoms with Gasteiger partial charge in [0.2, 0.25) is 5.91 Å². The number of amides is 1. The number of anilines is 1. The van der Waals surface area contributed by atoms with E-state index in [4.69, 9.17) is 4.42 Å². The van der Waals surface area contributed by atoms with Gasteiger partial charge in [0.25, 0.3) is 11.7 Å². The van der Waals surface area contributed by atoms with Crippen molar-refractivity contribution in [2.45, 2.75) is 12.8 Å². The number of nitrogens with zero attached hydrogens (tertiary/aromatic N) is 3. The Balaban J connectivity index is 1.23. The summed E-state index contributed by atoms with van der Waals surface area (Å²) < 4.78 is 5.83. The Kier molecular flexibility index (Phi) is 5.74. The van der Waals surface area contributed by atoms with Crippen LogP contribution in [-0.2, 0) is 4.79 Å². The molecule has 1 aliphatic rings. The minimum Gasteiger partial charge on any atom is -0.423 e. The maximum Gasteiger partial charge on any atom is 0.298 e. The van der Waals surface area contributed by atoms with Gasteiger partial charge in [0, 0.05) is 37.8 Å². The van der Waals surface area contributed by atoms with E-state index in [1.54, 1.807) is 18.2 Å². The van der Waals surface area contributed by atoms with E-state index in [0.29, 0.717) is 18.5 Å². The van der Waals surface area contributed by atoms with Crippen LogP contribution in [0.5, 0.6) is 0 Å². The summed E-state index contributed by atoms with van der Waals surface area (Å²) >= 11 is 0. The van der Waals surface area contributed by atoms with Crippen LogP contribution in [0.1, 0.15) is 18.4 Å². The molecule has 30 heavy (non-hydrogen) atoms. The molecule has 0 unspecified atom stereocenters. The van der Waals surface area contributed by atoms with E-state index < -0.39 is 4.92 Å². The van der Waals surface area contributed by atoms with Gasteiger partial charge in [0.05, 0.1) is 4.92 Å². The van der Waals surface area contributed by atoms with E-state index in [1.807, 2.05) is 24.3 Å². The number of nitro benzene ring substituents is 1. The molecule has 154 valence electrons. The number of nitro groups is 1. The van der Waals surface area contributed by atoms with Gasteiger partial charge in [0.15, 0.2) is 5.58 Å². The van der Waals surface area contributed by atoms with Crippen molar-refractivity contribution in [2.24, 2.45) is 5.92 Å². The van der Waals surface area contributed by atoms with Gasteiger partial charge in [-0.2, -0.15) is 4.98 Å². The number of rotatable bonds is 6. The highest BCUT2D eigenvalue weighted by molar-refractivity contribution is 5.91. The molecule has 1 aliphatic heterocycles. The van der Waals surface area contributed by atoms with Crippen molar-refractivity contribution in [3.05, 3.63) is 70.3 Å². The molecule has 0 spiro atoms. The molecule has 8 heteroatoms. The summed E-state index contributed by atoms with van der Waals surface area (Å²) in [7, 11) is 0. The first-order chi connectivity index (χ1) is 14.6. The van der Waals surface area contributed by atoms with Crippen LogP contribution in [0.25, 0.3) is 17.2 Å². The van der Waals surface area contributed by atoms with Crippen LogP contribution in [0.4, 0.5) is 11.7 Å². The summed E-state index contributed by atoms with van der Waals surface area (Å²) in [5, 5.41) is 13.6. The van der Waals surface area contributed by atoms with E-state index in [1.165, 1.54) is 18.2 Å². The minimum absolute atomic E-state index is 0.0285. The van der Waals surface area contributed by atoms with Gasteiger partial charge < -0.3 is 14.6 Å². The third-order valence-electron chi connectivity index (χ3n) is 5.26. The van der Waals surface area contributed by atoms with Crippen molar-refractivity contribution in [3.8, 4) is 0 Å². The third kappa shape index (κ3) is 4.65. The second-order valence-electron chi connectivity index (χ2n) is 7.32. The first-order valence-corrected chi connectivity index (χ1v) is 9.89. The third-order valence-corrected chi connectivity index (χ3v) is 5.26. The van der Waals surface area contributed by atoms with Crippen LogP contribution in [0, 0.1) is 16.0 Å². The van der Waals surface area contributed by atoms with Crippen molar-refractivity contribution in [1.29, 1.82) is 0 Å². The van der Waals surface area contributed by atoms with Gasteiger partial charge in [-0.25, -0.2) is 0 Å². The quantitative estimate of drug-likeness (QED) is 0.380. The van der Waals surface area contributed by atoms with E-state index in [-0.39, 0.29) is 11.6 Å². The maximum atomic E-state index is 12.1. The number of piperidine rings is 1. The number of carbonyl (C=O) groups is 1. The minimum atomic E-state index is -0.449. The number of para-hydroxylation sites is 2. The Morgan fingerprint density at radius 1 is 1.20 bits per heavy atom. The molecule has 0 aliphatic carbocycles. The number of carbonyl (C=O) groups excluding carboxylic acids is 1. The molecule has 1 amide bonds. The lowest BCUT2D eigenvalue weighted by Crippen LogP contribution is -2.38. The molecule has 0 radical (unpaired) electrons. The zero-order chi connectivity index (χ0) is 20.9. The molecule has 1 saturated heterocycles. The zero-order valence-corrected chi connectivity index (χ0v) is 16.4. The molecule has 1 fully saturated rings. The van der Waals surface area contributed by atoms with Crippen LogP contribution >= 0.6 is 0 Å². The first-order valence-electron chi connectivity index (χ1n) is 9.89. The molecule has 8 nitrogen and oxygen atoms in total. The average molecular weight is 406 g/mol. The number of fused-ring (bicyclic) bond motifs is 1. The number of non-ortho nitro benzene ring substituents is 1. The summed E-state index contributed by atoms with van der Waals surface area (Å²) in [5.41, 5.74) is 2.42.